The molecule has 0 amide bonds. The molecule has 0 fully saturated rings. The van der Waals surface area contributed by atoms with E-state index in [1.54, 1.807) is 13.7 Å². The van der Waals surface area contributed by atoms with Crippen LogP contribution in [0.25, 0.3) is 5.69 Å². The summed E-state index contributed by atoms with van der Waals surface area (Å²) in [4.78, 5) is 0. The van der Waals surface area contributed by atoms with Crippen molar-refractivity contribution in [3.8, 4) is 5.69 Å². The zero-order chi connectivity index (χ0) is 9.38. The van der Waals surface area contributed by atoms with E-state index < -0.39 is 0 Å². The SMILES string of the molecule is [B]1OCc2ccccc2-n2nccc21. The first kappa shape index (κ1) is 7.82. The van der Waals surface area contributed by atoms with Crippen molar-refractivity contribution in [2.75, 3.05) is 0 Å². The minimum Gasteiger partial charge on any atom is -0.429 e. The normalized spacial score (nSPS) is 13.7. The molecule has 0 aliphatic carbocycles. The summed E-state index contributed by atoms with van der Waals surface area (Å²) in [5, 5.41) is 4.26. The molecule has 0 spiro atoms. The maximum atomic E-state index is 5.42. The highest BCUT2D eigenvalue weighted by molar-refractivity contribution is 6.46. The Labute approximate surface area is 82.6 Å². The Morgan fingerprint density at radius 3 is 3.21 bits per heavy atom. The average molecular weight is 183 g/mol. The van der Waals surface area contributed by atoms with Crippen LogP contribution < -0.4 is 5.59 Å². The molecule has 0 atom stereocenters. The number of benzene rings is 1. The summed E-state index contributed by atoms with van der Waals surface area (Å²) in [7, 11) is 1.74. The molecule has 0 saturated heterocycles. The molecular formula is C10H8BN2O. The maximum absolute atomic E-state index is 5.42. The van der Waals surface area contributed by atoms with Crippen molar-refractivity contribution < 1.29 is 4.65 Å². The molecule has 0 N–H and O–H groups in total. The summed E-state index contributed by atoms with van der Waals surface area (Å²) in [5.41, 5.74) is 3.24. The minimum atomic E-state index is 0.611. The lowest BCUT2D eigenvalue weighted by molar-refractivity contribution is 0.332. The molecule has 67 valence electrons. The van der Waals surface area contributed by atoms with Crippen LogP contribution in [0.3, 0.4) is 0 Å². The Bertz CT molecular complexity index is 467. The first-order chi connectivity index (χ1) is 6.95. The fourth-order valence-electron chi connectivity index (χ4n) is 1.66. The number of hydrogen-bond acceptors (Lipinski definition) is 2. The van der Waals surface area contributed by atoms with Gasteiger partial charge >= 0.3 is 7.48 Å². The molecule has 14 heavy (non-hydrogen) atoms. The molecule has 0 bridgehead atoms. The van der Waals surface area contributed by atoms with Crippen molar-refractivity contribution in [1.82, 2.24) is 9.78 Å². The highest BCUT2D eigenvalue weighted by atomic mass is 16.4. The predicted octanol–water partition coefficient (Wildman–Crippen LogP) is 0.647. The van der Waals surface area contributed by atoms with Gasteiger partial charge in [0.05, 0.1) is 12.3 Å². The van der Waals surface area contributed by atoms with E-state index >= 15 is 0 Å². The fourth-order valence-corrected chi connectivity index (χ4v) is 1.66. The number of hydrogen-bond donors (Lipinski definition) is 0. The number of para-hydroxylation sites is 1. The van der Waals surface area contributed by atoms with Gasteiger partial charge in [-0.3, -0.25) is 0 Å². The third kappa shape index (κ3) is 1.08. The molecule has 3 nitrogen and oxygen atoms in total. The Morgan fingerprint density at radius 2 is 2.21 bits per heavy atom. The van der Waals surface area contributed by atoms with Gasteiger partial charge in [-0.05, 0) is 12.1 Å². The molecule has 1 aliphatic rings. The fraction of sp³-hybridized carbons (Fsp3) is 0.100. The Kier molecular flexibility index (Phi) is 1.67. The molecule has 0 saturated carbocycles. The van der Waals surface area contributed by atoms with E-state index in [-0.39, 0.29) is 0 Å². The third-order valence-electron chi connectivity index (χ3n) is 2.33. The van der Waals surface area contributed by atoms with E-state index in [1.165, 1.54) is 0 Å². The van der Waals surface area contributed by atoms with Gasteiger partial charge in [0, 0.05) is 17.4 Å². The van der Waals surface area contributed by atoms with Crippen LogP contribution in [0.1, 0.15) is 5.56 Å². The van der Waals surface area contributed by atoms with Crippen LogP contribution in [0, 0.1) is 0 Å². The molecule has 1 aromatic carbocycles. The summed E-state index contributed by atoms with van der Waals surface area (Å²) >= 11 is 0. The number of aromatic nitrogens is 2. The molecule has 1 radical (unpaired) electrons. The zero-order valence-electron chi connectivity index (χ0n) is 7.55. The summed E-state index contributed by atoms with van der Waals surface area (Å²) in [6.45, 7) is 0.611. The molecule has 2 heterocycles. The largest absolute Gasteiger partial charge is 0.429 e. The van der Waals surface area contributed by atoms with Crippen LogP contribution in [0.5, 0.6) is 0 Å². The second kappa shape index (κ2) is 2.99. The van der Waals surface area contributed by atoms with Gasteiger partial charge in [0.1, 0.15) is 0 Å². The zero-order valence-corrected chi connectivity index (χ0v) is 7.55. The van der Waals surface area contributed by atoms with Crippen molar-refractivity contribution in [3.63, 3.8) is 0 Å². The molecule has 0 unspecified atom stereocenters. The van der Waals surface area contributed by atoms with Crippen molar-refractivity contribution in [2.45, 2.75) is 6.61 Å². The first-order valence-electron chi connectivity index (χ1n) is 4.52. The van der Waals surface area contributed by atoms with Crippen molar-refractivity contribution in [1.29, 1.82) is 0 Å². The van der Waals surface area contributed by atoms with Gasteiger partial charge in [0.25, 0.3) is 0 Å². The van der Waals surface area contributed by atoms with Gasteiger partial charge in [0.2, 0.25) is 0 Å². The van der Waals surface area contributed by atoms with Crippen LogP contribution in [0.4, 0.5) is 0 Å². The molecule has 3 rings (SSSR count). The molecule has 2 aromatic rings. The highest BCUT2D eigenvalue weighted by Crippen LogP contribution is 2.15. The first-order valence-corrected chi connectivity index (χ1v) is 4.52. The summed E-state index contributed by atoms with van der Waals surface area (Å²) < 4.78 is 7.31. The monoisotopic (exact) mass is 183 g/mol. The van der Waals surface area contributed by atoms with E-state index in [1.807, 2.05) is 28.9 Å². The summed E-state index contributed by atoms with van der Waals surface area (Å²) in [6.07, 6.45) is 1.78. The van der Waals surface area contributed by atoms with Gasteiger partial charge in [-0.25, -0.2) is 4.68 Å². The van der Waals surface area contributed by atoms with Crippen LogP contribution in [0.2, 0.25) is 0 Å². The number of rotatable bonds is 0. The predicted molar refractivity (Wildman–Crippen MR) is 53.7 cm³/mol. The highest BCUT2D eigenvalue weighted by Gasteiger charge is 2.14. The number of nitrogens with zero attached hydrogens (tertiary/aromatic N) is 2. The van der Waals surface area contributed by atoms with Crippen LogP contribution in [-0.2, 0) is 11.3 Å². The van der Waals surface area contributed by atoms with Crippen LogP contribution >= 0.6 is 0 Å². The van der Waals surface area contributed by atoms with E-state index in [9.17, 15) is 0 Å². The average Bonchev–Trinajstić information content (AvgIpc) is 2.61. The lowest BCUT2D eigenvalue weighted by atomic mass is 9.96. The Morgan fingerprint density at radius 1 is 1.29 bits per heavy atom. The Hall–Kier alpha value is -1.55. The van der Waals surface area contributed by atoms with Crippen LogP contribution in [-0.4, -0.2) is 17.3 Å². The van der Waals surface area contributed by atoms with Crippen LogP contribution in [0.15, 0.2) is 36.5 Å². The lowest BCUT2D eigenvalue weighted by Crippen LogP contribution is -2.23. The maximum Gasteiger partial charge on any atom is 0.351 e. The van der Waals surface area contributed by atoms with E-state index in [0.29, 0.717) is 6.61 Å². The van der Waals surface area contributed by atoms with Gasteiger partial charge in [0.15, 0.2) is 0 Å². The molecular weight excluding hydrogens is 175 g/mol. The quantitative estimate of drug-likeness (QED) is 0.560. The summed E-state index contributed by atoms with van der Waals surface area (Å²) in [5.74, 6) is 0. The summed E-state index contributed by atoms with van der Waals surface area (Å²) in [6, 6.07) is 10.1. The molecule has 4 heteroatoms. The molecule has 1 aromatic heterocycles. The van der Waals surface area contributed by atoms with E-state index in [4.69, 9.17) is 4.65 Å². The van der Waals surface area contributed by atoms with E-state index in [2.05, 4.69) is 11.2 Å². The second-order valence-corrected chi connectivity index (χ2v) is 3.23. The topological polar surface area (TPSA) is 27.1 Å². The molecule has 1 aliphatic heterocycles. The number of fused-ring (bicyclic) bond motifs is 3. The second-order valence-electron chi connectivity index (χ2n) is 3.23. The smallest absolute Gasteiger partial charge is 0.351 e. The third-order valence-corrected chi connectivity index (χ3v) is 2.33. The van der Waals surface area contributed by atoms with Gasteiger partial charge < -0.3 is 4.65 Å². The minimum absolute atomic E-state index is 0.611. The van der Waals surface area contributed by atoms with Gasteiger partial charge in [-0.15, -0.1) is 0 Å². The van der Waals surface area contributed by atoms with Gasteiger partial charge in [-0.1, -0.05) is 18.2 Å². The Balaban J connectivity index is 2.27. The van der Waals surface area contributed by atoms with Gasteiger partial charge in [-0.2, -0.15) is 5.10 Å². The lowest BCUT2D eigenvalue weighted by Gasteiger charge is -2.06. The van der Waals surface area contributed by atoms with Crippen molar-refractivity contribution in [2.24, 2.45) is 0 Å². The standard InChI is InChI=1S/C10H8BN2O/c1-2-4-9-8(3-1)7-14-11-10-5-6-12-13(9)10/h1-6H,7H2. The van der Waals surface area contributed by atoms with Crippen molar-refractivity contribution >= 4 is 13.1 Å². The van der Waals surface area contributed by atoms with E-state index in [0.717, 1.165) is 16.8 Å². The van der Waals surface area contributed by atoms with Crippen molar-refractivity contribution in [3.05, 3.63) is 42.1 Å².